The molecule has 2 fully saturated rings. The second-order valence-electron chi connectivity index (χ2n) is 12.6. The van der Waals surface area contributed by atoms with Crippen molar-refractivity contribution in [3.63, 3.8) is 0 Å². The third kappa shape index (κ3) is 8.21. The van der Waals surface area contributed by atoms with Crippen LogP contribution in [0, 0.1) is 5.41 Å². The fourth-order valence-electron chi connectivity index (χ4n) is 4.49. The summed E-state index contributed by atoms with van der Waals surface area (Å²) in [4.78, 5) is 30.7. The Morgan fingerprint density at radius 1 is 1.14 bits per heavy atom. The maximum atomic E-state index is 13.6. The number of nitrogens with zero attached hydrogens (tertiary/aromatic N) is 4. The Hall–Kier alpha value is -3.30. The van der Waals surface area contributed by atoms with Crippen molar-refractivity contribution in [3.8, 4) is 0 Å². The first-order valence-electron chi connectivity index (χ1n) is 13.9. The number of imidazole rings is 1. The smallest absolute Gasteiger partial charge is 0.410 e. The number of fused-ring (bicyclic) bond motifs is 1. The van der Waals surface area contributed by atoms with E-state index in [4.69, 9.17) is 9.47 Å². The molecule has 1 saturated heterocycles. The maximum absolute atomic E-state index is 13.6. The number of alkyl carbamates (subject to hydrolysis) is 1. The highest BCUT2D eigenvalue weighted by molar-refractivity contribution is 5.77. The summed E-state index contributed by atoms with van der Waals surface area (Å²) >= 11 is 0. The van der Waals surface area contributed by atoms with Gasteiger partial charge >= 0.3 is 24.5 Å². The molecule has 2 aliphatic rings. The molecule has 240 valence electrons. The van der Waals surface area contributed by atoms with E-state index in [0.29, 0.717) is 5.56 Å². The number of alkyl halides is 6. The van der Waals surface area contributed by atoms with Crippen molar-refractivity contribution in [2.75, 3.05) is 13.2 Å². The van der Waals surface area contributed by atoms with Crippen molar-refractivity contribution in [1.29, 1.82) is 0 Å². The Bertz CT molecular complexity index is 1320. The van der Waals surface area contributed by atoms with Crippen LogP contribution in [0.5, 0.6) is 0 Å². The van der Waals surface area contributed by atoms with E-state index in [1.807, 2.05) is 5.32 Å². The van der Waals surface area contributed by atoms with Gasteiger partial charge in [-0.25, -0.2) is 19.1 Å². The van der Waals surface area contributed by atoms with Crippen molar-refractivity contribution in [2.45, 2.75) is 102 Å². The summed E-state index contributed by atoms with van der Waals surface area (Å²) in [5, 5.41) is 8.85. The van der Waals surface area contributed by atoms with Gasteiger partial charge in [-0.2, -0.15) is 31.4 Å². The van der Waals surface area contributed by atoms with Crippen LogP contribution >= 0.6 is 0 Å². The molecule has 4 rings (SSSR count). The van der Waals surface area contributed by atoms with E-state index in [2.05, 4.69) is 15.4 Å². The summed E-state index contributed by atoms with van der Waals surface area (Å²) < 4.78 is 93.2. The van der Waals surface area contributed by atoms with Crippen molar-refractivity contribution in [2.24, 2.45) is 5.41 Å². The lowest BCUT2D eigenvalue weighted by atomic mass is 9.85. The number of amides is 3. The van der Waals surface area contributed by atoms with Gasteiger partial charge in [0.1, 0.15) is 11.6 Å². The third-order valence-electron chi connectivity index (χ3n) is 7.34. The van der Waals surface area contributed by atoms with E-state index in [9.17, 15) is 35.9 Å². The summed E-state index contributed by atoms with van der Waals surface area (Å²) in [5.41, 5.74) is -2.14. The quantitative estimate of drug-likeness (QED) is 0.323. The van der Waals surface area contributed by atoms with E-state index < -0.39 is 60.2 Å². The molecule has 2 aromatic rings. The number of ether oxygens (including phenoxy) is 2. The van der Waals surface area contributed by atoms with Crippen LogP contribution in [0.25, 0.3) is 5.65 Å². The maximum Gasteiger partial charge on any atom is 0.410 e. The van der Waals surface area contributed by atoms with Gasteiger partial charge < -0.3 is 25.0 Å². The Balaban J connectivity index is 1.62. The molecule has 2 N–H and O–H groups in total. The lowest BCUT2D eigenvalue weighted by molar-refractivity contribution is -0.214. The second-order valence-corrected chi connectivity index (χ2v) is 12.6. The second kappa shape index (κ2) is 11.7. The van der Waals surface area contributed by atoms with Crippen LogP contribution in [0.4, 0.5) is 35.9 Å². The van der Waals surface area contributed by atoms with Gasteiger partial charge in [-0.1, -0.05) is 13.8 Å². The molecule has 0 radical (unpaired) electrons. The molecule has 3 amide bonds. The van der Waals surface area contributed by atoms with Gasteiger partial charge in [0.05, 0.1) is 54.8 Å². The van der Waals surface area contributed by atoms with Gasteiger partial charge in [-0.05, 0) is 52.5 Å². The minimum Gasteiger partial charge on any atom is -0.444 e. The van der Waals surface area contributed by atoms with E-state index in [-0.39, 0.29) is 36.9 Å². The zero-order valence-corrected chi connectivity index (χ0v) is 24.5. The van der Waals surface area contributed by atoms with Crippen LogP contribution in [0.2, 0.25) is 0 Å². The molecule has 1 aliphatic carbocycles. The highest BCUT2D eigenvalue weighted by atomic mass is 19.4. The van der Waals surface area contributed by atoms with Crippen LogP contribution in [-0.4, -0.2) is 74.9 Å². The lowest BCUT2D eigenvalue weighted by Gasteiger charge is -2.29. The largest absolute Gasteiger partial charge is 0.444 e. The highest BCUT2D eigenvalue weighted by Gasteiger charge is 2.49. The topological polar surface area (TPSA) is 110 Å². The van der Waals surface area contributed by atoms with Crippen LogP contribution < -0.4 is 10.6 Å². The van der Waals surface area contributed by atoms with Crippen LogP contribution in [0.15, 0.2) is 18.5 Å². The molecular formula is C27H36F6N6O4. The van der Waals surface area contributed by atoms with Crippen molar-refractivity contribution >= 4 is 17.8 Å². The van der Waals surface area contributed by atoms with E-state index in [1.54, 1.807) is 20.8 Å². The summed E-state index contributed by atoms with van der Waals surface area (Å²) in [6.07, 6.45) is -6.04. The monoisotopic (exact) mass is 622 g/mol. The molecule has 0 spiro atoms. The molecule has 3 atom stereocenters. The average molecular weight is 623 g/mol. The zero-order chi connectivity index (χ0) is 32.0. The minimum atomic E-state index is -4.64. The van der Waals surface area contributed by atoms with Crippen LogP contribution in [-0.2, 0) is 9.47 Å². The molecule has 0 bridgehead atoms. The Kier molecular flexibility index (Phi) is 8.84. The number of urea groups is 1. The van der Waals surface area contributed by atoms with Gasteiger partial charge in [0.25, 0.3) is 0 Å². The van der Waals surface area contributed by atoms with E-state index in [1.165, 1.54) is 23.0 Å². The Labute approximate surface area is 244 Å². The first-order valence-corrected chi connectivity index (χ1v) is 13.9. The van der Waals surface area contributed by atoms with Gasteiger partial charge in [0.2, 0.25) is 0 Å². The summed E-state index contributed by atoms with van der Waals surface area (Å²) in [5.74, 6) is 0. The van der Waals surface area contributed by atoms with Gasteiger partial charge in [0.15, 0.2) is 5.65 Å². The fourth-order valence-corrected chi connectivity index (χ4v) is 4.49. The first-order chi connectivity index (χ1) is 19.7. The first kappa shape index (κ1) is 32.6. The van der Waals surface area contributed by atoms with Gasteiger partial charge in [0, 0.05) is 5.56 Å². The Morgan fingerprint density at radius 3 is 2.37 bits per heavy atom. The van der Waals surface area contributed by atoms with Crippen molar-refractivity contribution < 1.29 is 45.4 Å². The van der Waals surface area contributed by atoms with Crippen molar-refractivity contribution in [3.05, 3.63) is 29.7 Å². The van der Waals surface area contributed by atoms with Gasteiger partial charge in [-0.15, -0.1) is 0 Å². The fraction of sp³-hybridized carbons (Fsp3) is 0.704. The molecule has 0 unspecified atom stereocenters. The summed E-state index contributed by atoms with van der Waals surface area (Å²) in [6, 6.07) is -3.31. The van der Waals surface area contributed by atoms with Crippen LogP contribution in [0.1, 0.15) is 83.6 Å². The highest BCUT2D eigenvalue weighted by Crippen LogP contribution is 2.42. The predicted octanol–water partition coefficient (Wildman–Crippen LogP) is 5.84. The van der Waals surface area contributed by atoms with Crippen LogP contribution in [0.3, 0.4) is 0 Å². The minimum absolute atomic E-state index is 0.0399. The number of hydrogen-bond acceptors (Lipinski definition) is 6. The number of aromatic nitrogens is 3. The molecule has 43 heavy (non-hydrogen) atoms. The van der Waals surface area contributed by atoms with E-state index >= 15 is 0 Å². The number of hydrogen-bond donors (Lipinski definition) is 2. The van der Waals surface area contributed by atoms with Gasteiger partial charge in [-0.3, -0.25) is 0 Å². The number of carbonyl (C=O) groups is 2. The third-order valence-corrected chi connectivity index (χ3v) is 7.34. The number of nitrogens with one attached hydrogen (secondary N) is 2. The normalized spacial score (nSPS) is 19.8. The molecule has 3 heterocycles. The number of carbonyl (C=O) groups excluding carboxylic acids is 2. The Morgan fingerprint density at radius 2 is 1.81 bits per heavy atom. The summed E-state index contributed by atoms with van der Waals surface area (Å²) in [7, 11) is 0. The molecule has 2 aromatic heterocycles. The van der Waals surface area contributed by atoms with E-state index in [0.717, 1.165) is 31.6 Å². The molecular weight excluding hydrogens is 586 g/mol. The number of halogens is 6. The molecule has 0 aromatic carbocycles. The van der Waals surface area contributed by atoms with Crippen molar-refractivity contribution in [1.82, 2.24) is 30.1 Å². The molecule has 1 saturated carbocycles. The standard InChI is InChI=1S/C27H36F6N6O4/c1-24(2,3)43-23(41)36-17(8-9-25(4,5)27(31,32)33)18-12-39-21(35-18)10-15(11-34-39)19(14-42-16-6-7-16)38-13-20(26(28,29)30)37-22(38)40/h10-12,16-17,19-20H,6-9,13-14H2,1-5H3,(H,36,41)(H,37,40)/t17-,19+,20-/m0/s1. The molecule has 1 aliphatic heterocycles. The molecule has 10 nitrogen and oxygen atoms in total. The SMILES string of the molecule is CC(C)(C)OC(=O)N[C@@H](CCC(C)(C)C(F)(F)F)c1cn2ncc([C@@H](COC3CC3)N3C[C@@H](C(F)(F)F)NC3=O)cc2n1. The number of rotatable bonds is 10. The average Bonchev–Trinajstić information content (AvgIpc) is 3.45. The molecule has 16 heteroatoms. The summed E-state index contributed by atoms with van der Waals surface area (Å²) in [6.45, 7) is 6.38. The zero-order valence-electron chi connectivity index (χ0n) is 24.5. The predicted molar refractivity (Wildman–Crippen MR) is 141 cm³/mol. The lowest BCUT2D eigenvalue weighted by Crippen LogP contribution is -2.40.